The van der Waals surface area contributed by atoms with Crippen molar-refractivity contribution in [2.75, 3.05) is 18.2 Å². The molecule has 31 heavy (non-hydrogen) atoms. The zero-order chi connectivity index (χ0) is 22.4. The van der Waals surface area contributed by atoms with Gasteiger partial charge in [-0.1, -0.05) is 18.2 Å². The molecule has 1 aromatic carbocycles. The molecule has 2 N–H and O–H groups in total. The van der Waals surface area contributed by atoms with Crippen LogP contribution in [0.5, 0.6) is 0 Å². The van der Waals surface area contributed by atoms with Gasteiger partial charge in [0.25, 0.3) is 0 Å². The van der Waals surface area contributed by atoms with E-state index >= 15 is 0 Å². The third-order valence-electron chi connectivity index (χ3n) is 3.94. The first kappa shape index (κ1) is 21.9. The van der Waals surface area contributed by atoms with Crippen molar-refractivity contribution >= 4 is 27.8 Å². The van der Waals surface area contributed by atoms with Gasteiger partial charge in [-0.25, -0.2) is 23.4 Å². The maximum atomic E-state index is 13.2. The van der Waals surface area contributed by atoms with Gasteiger partial charge in [-0.3, -0.25) is 5.10 Å². The molecule has 0 saturated heterocycles. The van der Waals surface area contributed by atoms with E-state index in [4.69, 9.17) is 13.9 Å². The minimum absolute atomic E-state index is 0.000886. The molecular weight excluding hydrogens is 428 g/mol. The predicted molar refractivity (Wildman–Crippen MR) is 108 cm³/mol. The Balaban J connectivity index is 2.18. The molecule has 0 atom stereocenters. The lowest BCUT2D eigenvalue weighted by atomic mass is 10.2. The lowest BCUT2D eigenvalue weighted by Gasteiger charge is -2.20. The van der Waals surface area contributed by atoms with Crippen LogP contribution in [0.25, 0.3) is 11.3 Å². The summed E-state index contributed by atoms with van der Waals surface area (Å²) in [5.74, 6) is -0.158. The number of rotatable bonds is 6. The third kappa shape index (κ3) is 4.53. The van der Waals surface area contributed by atoms with E-state index in [1.165, 1.54) is 24.5 Å². The van der Waals surface area contributed by atoms with Crippen molar-refractivity contribution in [3.8, 4) is 11.3 Å². The van der Waals surface area contributed by atoms with Crippen molar-refractivity contribution in [2.24, 2.45) is 0 Å². The Morgan fingerprint density at radius 3 is 2.42 bits per heavy atom. The quantitative estimate of drug-likeness (QED) is 0.547. The van der Waals surface area contributed by atoms with E-state index < -0.39 is 22.0 Å². The Morgan fingerprint density at radius 1 is 1.10 bits per heavy atom. The molecule has 0 unspecified atom stereocenters. The van der Waals surface area contributed by atoms with Gasteiger partial charge < -0.3 is 13.9 Å². The van der Waals surface area contributed by atoms with Gasteiger partial charge in [0, 0.05) is 0 Å². The van der Waals surface area contributed by atoms with Crippen LogP contribution >= 0.6 is 0 Å². The SMILES string of the molecule is CCOC(=O)NN(C(=O)OCC)c1n[nH]c(S(=O)(=O)c2ccccc2)c1-c1ccco1. The highest BCUT2D eigenvalue weighted by Gasteiger charge is 2.34. The lowest BCUT2D eigenvalue weighted by Crippen LogP contribution is -2.47. The highest BCUT2D eigenvalue weighted by molar-refractivity contribution is 7.91. The number of nitrogens with one attached hydrogen (secondary N) is 2. The van der Waals surface area contributed by atoms with E-state index in [2.05, 4.69) is 15.6 Å². The number of aromatic nitrogens is 2. The Kier molecular flexibility index (Phi) is 6.60. The van der Waals surface area contributed by atoms with Crippen LogP contribution in [0.2, 0.25) is 0 Å². The largest absolute Gasteiger partial charge is 0.464 e. The van der Waals surface area contributed by atoms with Crippen LogP contribution in [-0.2, 0) is 19.3 Å². The van der Waals surface area contributed by atoms with Gasteiger partial charge in [-0.15, -0.1) is 0 Å². The van der Waals surface area contributed by atoms with Crippen LogP contribution in [0.3, 0.4) is 0 Å². The van der Waals surface area contributed by atoms with Crippen LogP contribution in [0.4, 0.5) is 15.4 Å². The zero-order valence-electron chi connectivity index (χ0n) is 16.7. The number of amides is 2. The van der Waals surface area contributed by atoms with Crippen LogP contribution in [-0.4, -0.2) is 44.0 Å². The third-order valence-corrected chi connectivity index (χ3v) is 5.67. The normalized spacial score (nSPS) is 11.0. The molecule has 0 fully saturated rings. The van der Waals surface area contributed by atoms with E-state index in [1.807, 2.05) is 0 Å². The minimum Gasteiger partial charge on any atom is -0.464 e. The minimum atomic E-state index is -4.09. The van der Waals surface area contributed by atoms with Gasteiger partial charge in [0.15, 0.2) is 10.8 Å². The molecule has 0 aliphatic rings. The number of benzene rings is 1. The fraction of sp³-hybridized carbons (Fsp3) is 0.211. The van der Waals surface area contributed by atoms with Gasteiger partial charge in [-0.05, 0) is 38.1 Å². The van der Waals surface area contributed by atoms with Crippen molar-refractivity contribution in [1.82, 2.24) is 15.6 Å². The van der Waals surface area contributed by atoms with E-state index in [0.29, 0.717) is 5.01 Å². The summed E-state index contributed by atoms with van der Waals surface area (Å²) in [4.78, 5) is 24.5. The number of carbonyl (C=O) groups excluding carboxylic acids is 2. The molecule has 0 saturated carbocycles. The molecule has 3 aromatic rings. The summed E-state index contributed by atoms with van der Waals surface area (Å²) in [6, 6.07) is 10.7. The maximum Gasteiger partial charge on any atom is 0.435 e. The number of carbonyl (C=O) groups is 2. The van der Waals surface area contributed by atoms with Crippen LogP contribution in [0, 0.1) is 0 Å². The van der Waals surface area contributed by atoms with Crippen LogP contribution < -0.4 is 10.4 Å². The summed E-state index contributed by atoms with van der Waals surface area (Å²) >= 11 is 0. The molecular formula is C19H20N4O7S. The predicted octanol–water partition coefficient (Wildman–Crippen LogP) is 3.13. The Hall–Kier alpha value is -3.80. The van der Waals surface area contributed by atoms with Crippen LogP contribution in [0.15, 0.2) is 63.1 Å². The second-order valence-corrected chi connectivity index (χ2v) is 7.80. The lowest BCUT2D eigenvalue weighted by molar-refractivity contribution is 0.138. The van der Waals surface area contributed by atoms with E-state index in [1.54, 1.807) is 38.1 Å². The number of nitrogens with zero attached hydrogens (tertiary/aromatic N) is 2. The molecule has 2 amide bonds. The Bertz CT molecular complexity index is 1140. The molecule has 3 rings (SSSR count). The number of anilines is 1. The molecule has 0 spiro atoms. The fourth-order valence-electron chi connectivity index (χ4n) is 2.66. The van der Waals surface area contributed by atoms with Gasteiger partial charge >= 0.3 is 12.2 Å². The van der Waals surface area contributed by atoms with Crippen molar-refractivity contribution in [3.05, 3.63) is 48.7 Å². The number of furan rings is 1. The second-order valence-electron chi connectivity index (χ2n) is 5.91. The van der Waals surface area contributed by atoms with E-state index in [0.717, 1.165) is 0 Å². The summed E-state index contributed by atoms with van der Waals surface area (Å²) in [6.45, 7) is 3.20. The molecule has 0 aliphatic carbocycles. The summed E-state index contributed by atoms with van der Waals surface area (Å²) in [7, 11) is -4.09. The van der Waals surface area contributed by atoms with Crippen molar-refractivity contribution < 1.29 is 31.9 Å². The summed E-state index contributed by atoms with van der Waals surface area (Å²) < 4.78 is 41.7. The summed E-state index contributed by atoms with van der Waals surface area (Å²) in [6.07, 6.45) is -0.631. The number of H-pyrrole nitrogens is 1. The molecule has 164 valence electrons. The number of hydrogen-bond acceptors (Lipinski definition) is 8. The highest BCUT2D eigenvalue weighted by Crippen LogP contribution is 2.37. The van der Waals surface area contributed by atoms with Gasteiger partial charge in [0.1, 0.15) is 11.3 Å². The molecule has 0 bridgehead atoms. The van der Waals surface area contributed by atoms with E-state index in [9.17, 15) is 18.0 Å². The van der Waals surface area contributed by atoms with Crippen molar-refractivity contribution in [1.29, 1.82) is 0 Å². The summed E-state index contributed by atoms with van der Waals surface area (Å²) in [5.41, 5.74) is 2.13. The molecule has 0 radical (unpaired) electrons. The monoisotopic (exact) mass is 448 g/mol. The Morgan fingerprint density at radius 2 is 1.81 bits per heavy atom. The average Bonchev–Trinajstić information content (AvgIpc) is 3.43. The van der Waals surface area contributed by atoms with Gasteiger partial charge in [0.2, 0.25) is 9.84 Å². The fourth-order valence-corrected chi connectivity index (χ4v) is 4.04. The maximum absolute atomic E-state index is 13.2. The van der Waals surface area contributed by atoms with Gasteiger partial charge in [-0.2, -0.15) is 10.1 Å². The molecule has 2 heterocycles. The highest BCUT2D eigenvalue weighted by atomic mass is 32.2. The number of ether oxygens (including phenoxy) is 2. The Labute approximate surface area is 177 Å². The zero-order valence-corrected chi connectivity index (χ0v) is 17.5. The van der Waals surface area contributed by atoms with Crippen molar-refractivity contribution in [3.63, 3.8) is 0 Å². The average molecular weight is 448 g/mol. The van der Waals surface area contributed by atoms with E-state index in [-0.39, 0.29) is 40.3 Å². The second kappa shape index (κ2) is 9.34. The first-order chi connectivity index (χ1) is 14.9. The summed E-state index contributed by atoms with van der Waals surface area (Å²) in [5, 5.41) is 6.74. The van der Waals surface area contributed by atoms with Gasteiger partial charge in [0.05, 0.1) is 24.4 Å². The number of hydrogen-bond donors (Lipinski definition) is 2. The first-order valence-electron chi connectivity index (χ1n) is 9.22. The number of hydrazine groups is 1. The molecule has 12 heteroatoms. The number of aromatic amines is 1. The smallest absolute Gasteiger partial charge is 0.435 e. The molecule has 0 aliphatic heterocycles. The topological polar surface area (TPSA) is 144 Å². The van der Waals surface area contributed by atoms with Crippen molar-refractivity contribution in [2.45, 2.75) is 23.8 Å². The first-order valence-corrected chi connectivity index (χ1v) is 10.7. The molecule has 11 nitrogen and oxygen atoms in total. The number of sulfone groups is 1. The van der Waals surface area contributed by atoms with Crippen LogP contribution in [0.1, 0.15) is 13.8 Å². The molecule has 2 aromatic heterocycles. The standard InChI is InChI=1S/C19H20N4O7S/c1-3-28-18(24)22-23(19(25)29-4-2)16-15(14-11-8-12-30-14)17(21-20-16)31(26,27)13-9-6-5-7-10-13/h5-12H,3-4H2,1-2H3,(H,20,21)(H,22,24).